The second-order valence-corrected chi connectivity index (χ2v) is 4.10. The molecule has 0 aromatic rings. The molecule has 2 rings (SSSR count). The van der Waals surface area contributed by atoms with E-state index in [4.69, 9.17) is 10.5 Å². The van der Waals surface area contributed by atoms with E-state index in [0.29, 0.717) is 0 Å². The summed E-state index contributed by atoms with van der Waals surface area (Å²) in [6, 6.07) is 0. The number of carbonyl (C=O) groups excluding carboxylic acids is 1. The van der Waals surface area contributed by atoms with Crippen molar-refractivity contribution in [3.63, 3.8) is 0 Å². The Morgan fingerprint density at radius 2 is 2.00 bits per heavy atom. The van der Waals surface area contributed by atoms with Crippen LogP contribution in [0.3, 0.4) is 0 Å². The van der Waals surface area contributed by atoms with E-state index in [1.807, 2.05) is 0 Å². The molecule has 0 saturated heterocycles. The van der Waals surface area contributed by atoms with Gasteiger partial charge >= 0.3 is 5.97 Å². The van der Waals surface area contributed by atoms with Crippen molar-refractivity contribution in [3.8, 4) is 0 Å². The molecule has 2 N–H and O–H groups in total. The van der Waals surface area contributed by atoms with Crippen LogP contribution in [-0.4, -0.2) is 18.6 Å². The first-order chi connectivity index (χ1) is 5.65. The Balaban J connectivity index is 2.24. The molecular formula is C9H15NO2. The summed E-state index contributed by atoms with van der Waals surface area (Å²) in [6.45, 7) is 0. The van der Waals surface area contributed by atoms with Gasteiger partial charge in [-0.3, -0.25) is 4.79 Å². The van der Waals surface area contributed by atoms with Gasteiger partial charge in [-0.1, -0.05) is 6.42 Å². The van der Waals surface area contributed by atoms with Crippen molar-refractivity contribution in [2.75, 3.05) is 7.11 Å². The summed E-state index contributed by atoms with van der Waals surface area (Å²) in [6.07, 6.45) is 5.21. The number of hydrogen-bond donors (Lipinski definition) is 1. The smallest absolute Gasteiger partial charge is 0.326 e. The first kappa shape index (κ1) is 8.05. The SMILES string of the molecule is COC(=O)C1(N)CCCC12CC2. The van der Waals surface area contributed by atoms with E-state index in [-0.39, 0.29) is 11.4 Å². The van der Waals surface area contributed by atoms with Gasteiger partial charge in [0.2, 0.25) is 0 Å². The fraction of sp³-hybridized carbons (Fsp3) is 0.889. The van der Waals surface area contributed by atoms with Gasteiger partial charge in [-0.15, -0.1) is 0 Å². The van der Waals surface area contributed by atoms with Crippen molar-refractivity contribution in [1.29, 1.82) is 0 Å². The lowest BCUT2D eigenvalue weighted by atomic mass is 9.85. The summed E-state index contributed by atoms with van der Waals surface area (Å²) in [5, 5.41) is 0. The van der Waals surface area contributed by atoms with E-state index in [9.17, 15) is 4.79 Å². The Labute approximate surface area is 72.3 Å². The van der Waals surface area contributed by atoms with Gasteiger partial charge in [0.25, 0.3) is 0 Å². The minimum atomic E-state index is -0.651. The molecule has 1 spiro atoms. The average Bonchev–Trinajstić information content (AvgIpc) is 2.76. The second kappa shape index (κ2) is 2.22. The summed E-state index contributed by atoms with van der Waals surface area (Å²) in [7, 11) is 1.42. The lowest BCUT2D eigenvalue weighted by molar-refractivity contribution is -0.149. The summed E-state index contributed by atoms with van der Waals surface area (Å²) in [5.41, 5.74) is 5.55. The van der Waals surface area contributed by atoms with Crippen molar-refractivity contribution < 1.29 is 9.53 Å². The molecule has 0 radical (unpaired) electrons. The number of methoxy groups -OCH3 is 1. The second-order valence-electron chi connectivity index (χ2n) is 4.10. The summed E-state index contributed by atoms with van der Waals surface area (Å²) in [5.74, 6) is -0.211. The molecule has 1 atom stereocenters. The van der Waals surface area contributed by atoms with Crippen LogP contribution in [0.2, 0.25) is 0 Å². The highest BCUT2D eigenvalue weighted by molar-refractivity contribution is 5.83. The van der Waals surface area contributed by atoms with E-state index in [0.717, 1.165) is 32.1 Å². The third-order valence-corrected chi connectivity index (χ3v) is 3.58. The maximum absolute atomic E-state index is 11.4. The van der Waals surface area contributed by atoms with Gasteiger partial charge in [0.05, 0.1) is 7.11 Å². The topological polar surface area (TPSA) is 52.3 Å². The van der Waals surface area contributed by atoms with Crippen molar-refractivity contribution >= 4 is 5.97 Å². The molecule has 2 saturated carbocycles. The Bertz CT molecular complexity index is 223. The number of nitrogens with two attached hydrogens (primary N) is 1. The first-order valence-electron chi connectivity index (χ1n) is 4.52. The van der Waals surface area contributed by atoms with Crippen LogP contribution >= 0.6 is 0 Å². The Hall–Kier alpha value is -0.570. The molecule has 0 aromatic carbocycles. The van der Waals surface area contributed by atoms with Gasteiger partial charge < -0.3 is 10.5 Å². The fourth-order valence-electron chi connectivity index (χ4n) is 2.54. The maximum atomic E-state index is 11.4. The predicted molar refractivity (Wildman–Crippen MR) is 44.5 cm³/mol. The lowest BCUT2D eigenvalue weighted by Gasteiger charge is -2.28. The van der Waals surface area contributed by atoms with Gasteiger partial charge in [-0.05, 0) is 31.1 Å². The zero-order valence-electron chi connectivity index (χ0n) is 7.43. The number of rotatable bonds is 1. The van der Waals surface area contributed by atoms with Crippen molar-refractivity contribution in [2.24, 2.45) is 11.1 Å². The molecule has 3 heteroatoms. The number of hydrogen-bond acceptors (Lipinski definition) is 3. The third kappa shape index (κ3) is 0.774. The highest BCUT2D eigenvalue weighted by Gasteiger charge is 2.64. The highest BCUT2D eigenvalue weighted by atomic mass is 16.5. The molecule has 2 aliphatic carbocycles. The maximum Gasteiger partial charge on any atom is 0.326 e. The molecular weight excluding hydrogens is 154 g/mol. The van der Waals surface area contributed by atoms with Gasteiger partial charge in [-0.25, -0.2) is 0 Å². The molecule has 0 amide bonds. The van der Waals surface area contributed by atoms with Crippen LogP contribution in [0.4, 0.5) is 0 Å². The van der Waals surface area contributed by atoms with Gasteiger partial charge in [0.15, 0.2) is 0 Å². The van der Waals surface area contributed by atoms with Gasteiger partial charge in [-0.2, -0.15) is 0 Å². The highest BCUT2D eigenvalue weighted by Crippen LogP contribution is 2.62. The van der Waals surface area contributed by atoms with Crippen LogP contribution < -0.4 is 5.73 Å². The van der Waals surface area contributed by atoms with E-state index < -0.39 is 5.54 Å². The molecule has 1 unspecified atom stereocenters. The fourth-order valence-corrected chi connectivity index (χ4v) is 2.54. The van der Waals surface area contributed by atoms with E-state index in [2.05, 4.69) is 0 Å². The first-order valence-corrected chi connectivity index (χ1v) is 4.52. The minimum Gasteiger partial charge on any atom is -0.468 e. The summed E-state index contributed by atoms with van der Waals surface area (Å²) in [4.78, 5) is 11.4. The standard InChI is InChI=1S/C9H15NO2/c1-12-7(11)9(10)4-2-3-8(9)5-6-8/h2-6,10H2,1H3. The Kier molecular flexibility index (Phi) is 1.49. The van der Waals surface area contributed by atoms with Gasteiger partial charge in [0, 0.05) is 0 Å². The van der Waals surface area contributed by atoms with Crippen LogP contribution in [-0.2, 0) is 9.53 Å². The largest absolute Gasteiger partial charge is 0.468 e. The molecule has 3 nitrogen and oxygen atoms in total. The molecule has 68 valence electrons. The van der Waals surface area contributed by atoms with Crippen molar-refractivity contribution in [1.82, 2.24) is 0 Å². The van der Waals surface area contributed by atoms with E-state index in [1.165, 1.54) is 7.11 Å². The molecule has 0 aliphatic heterocycles. The normalized spacial score (nSPS) is 36.8. The van der Waals surface area contributed by atoms with Crippen LogP contribution in [0.5, 0.6) is 0 Å². The third-order valence-electron chi connectivity index (χ3n) is 3.58. The molecule has 2 aliphatic rings. The summed E-state index contributed by atoms with van der Waals surface area (Å²) < 4.78 is 4.75. The number of ether oxygens (including phenoxy) is 1. The van der Waals surface area contributed by atoms with Gasteiger partial charge in [0.1, 0.15) is 5.54 Å². The molecule has 0 aromatic heterocycles. The van der Waals surface area contributed by atoms with E-state index >= 15 is 0 Å². The Morgan fingerprint density at radius 1 is 1.33 bits per heavy atom. The minimum absolute atomic E-state index is 0.125. The quantitative estimate of drug-likeness (QED) is 0.591. The van der Waals surface area contributed by atoms with Crippen LogP contribution in [0.15, 0.2) is 0 Å². The van der Waals surface area contributed by atoms with E-state index in [1.54, 1.807) is 0 Å². The number of esters is 1. The monoisotopic (exact) mass is 169 g/mol. The van der Waals surface area contributed by atoms with Crippen molar-refractivity contribution in [3.05, 3.63) is 0 Å². The lowest BCUT2D eigenvalue weighted by Crippen LogP contribution is -2.52. The zero-order chi connectivity index (χ0) is 8.82. The molecule has 0 heterocycles. The average molecular weight is 169 g/mol. The van der Waals surface area contributed by atoms with Crippen LogP contribution in [0.25, 0.3) is 0 Å². The Morgan fingerprint density at radius 3 is 2.50 bits per heavy atom. The number of carbonyl (C=O) groups is 1. The summed E-state index contributed by atoms with van der Waals surface area (Å²) >= 11 is 0. The van der Waals surface area contributed by atoms with Crippen LogP contribution in [0, 0.1) is 5.41 Å². The molecule has 12 heavy (non-hydrogen) atoms. The molecule has 2 fully saturated rings. The van der Waals surface area contributed by atoms with Crippen molar-refractivity contribution in [2.45, 2.75) is 37.6 Å². The van der Waals surface area contributed by atoms with Crippen LogP contribution in [0.1, 0.15) is 32.1 Å². The zero-order valence-corrected chi connectivity index (χ0v) is 7.43. The molecule has 0 bridgehead atoms. The predicted octanol–water partition coefficient (Wildman–Crippen LogP) is 0.821.